The Hall–Kier alpha value is -2.05. The summed E-state index contributed by atoms with van der Waals surface area (Å²) in [5, 5.41) is 4.35. The van der Waals surface area contributed by atoms with Crippen molar-refractivity contribution in [1.29, 1.82) is 0 Å². The number of nitrogens with one attached hydrogen (secondary N) is 2. The molecule has 6 nitrogen and oxygen atoms in total. The predicted molar refractivity (Wildman–Crippen MR) is 96.1 cm³/mol. The molecule has 7 heteroatoms. The van der Waals surface area contributed by atoms with Crippen LogP contribution in [0.1, 0.15) is 31.7 Å². The summed E-state index contributed by atoms with van der Waals surface area (Å²) < 4.78 is 5.33. The standard InChI is InChI=1S/C17H22ClN5O/c1-3-10(2)14(19)8-11-7-13-15(20-9-12-5-4-6-24-12)22-17(18)23-16(13)21-11/h4-7,10,14H,3,8-9,19H2,1-2H3,(H2,20,21,22,23)/t10-,14+/m0/s1. The fourth-order valence-corrected chi connectivity index (χ4v) is 2.79. The number of rotatable bonds is 7. The lowest BCUT2D eigenvalue weighted by Crippen LogP contribution is -2.30. The number of nitrogens with zero attached hydrogens (tertiary/aromatic N) is 2. The molecule has 3 aromatic heterocycles. The van der Waals surface area contributed by atoms with Crippen LogP contribution in [0.15, 0.2) is 28.9 Å². The third-order valence-corrected chi connectivity index (χ3v) is 4.53. The third-order valence-electron chi connectivity index (χ3n) is 4.36. The molecule has 0 aliphatic rings. The lowest BCUT2D eigenvalue weighted by molar-refractivity contribution is 0.438. The van der Waals surface area contributed by atoms with E-state index in [1.165, 1.54) is 0 Å². The molecule has 0 aliphatic carbocycles. The molecule has 0 aromatic carbocycles. The summed E-state index contributed by atoms with van der Waals surface area (Å²) in [4.78, 5) is 11.9. The first-order chi connectivity index (χ1) is 11.6. The van der Waals surface area contributed by atoms with Gasteiger partial charge in [0.2, 0.25) is 5.28 Å². The first-order valence-corrected chi connectivity index (χ1v) is 8.51. The summed E-state index contributed by atoms with van der Waals surface area (Å²) in [7, 11) is 0. The van der Waals surface area contributed by atoms with Crippen molar-refractivity contribution < 1.29 is 4.42 Å². The molecule has 2 atom stereocenters. The molecule has 0 fully saturated rings. The Morgan fingerprint density at radius 1 is 1.42 bits per heavy atom. The molecular weight excluding hydrogens is 326 g/mol. The summed E-state index contributed by atoms with van der Waals surface area (Å²) in [6.07, 6.45) is 3.47. The van der Waals surface area contributed by atoms with Crippen molar-refractivity contribution in [2.24, 2.45) is 11.7 Å². The zero-order valence-electron chi connectivity index (χ0n) is 13.8. The van der Waals surface area contributed by atoms with E-state index in [-0.39, 0.29) is 11.3 Å². The number of aromatic amines is 1. The third kappa shape index (κ3) is 3.71. The number of H-pyrrole nitrogens is 1. The van der Waals surface area contributed by atoms with E-state index >= 15 is 0 Å². The quantitative estimate of drug-likeness (QED) is 0.566. The van der Waals surface area contributed by atoms with Crippen molar-refractivity contribution in [3.63, 3.8) is 0 Å². The normalized spacial score (nSPS) is 14.0. The van der Waals surface area contributed by atoms with Gasteiger partial charge in [-0.1, -0.05) is 20.3 Å². The Morgan fingerprint density at radius 2 is 2.25 bits per heavy atom. The molecule has 0 spiro atoms. The monoisotopic (exact) mass is 347 g/mol. The molecule has 3 aromatic rings. The van der Waals surface area contributed by atoms with Crippen molar-refractivity contribution in [2.45, 2.75) is 39.3 Å². The number of halogens is 1. The zero-order chi connectivity index (χ0) is 17.1. The van der Waals surface area contributed by atoms with Gasteiger partial charge >= 0.3 is 0 Å². The van der Waals surface area contributed by atoms with E-state index in [0.29, 0.717) is 23.9 Å². The van der Waals surface area contributed by atoms with Crippen LogP contribution < -0.4 is 11.1 Å². The minimum Gasteiger partial charge on any atom is -0.467 e. The molecule has 128 valence electrons. The van der Waals surface area contributed by atoms with E-state index in [1.54, 1.807) is 6.26 Å². The van der Waals surface area contributed by atoms with E-state index in [0.717, 1.165) is 29.7 Å². The first-order valence-electron chi connectivity index (χ1n) is 8.13. The van der Waals surface area contributed by atoms with Crippen LogP contribution in [-0.4, -0.2) is 21.0 Å². The maximum atomic E-state index is 6.26. The molecule has 0 saturated heterocycles. The van der Waals surface area contributed by atoms with Crippen molar-refractivity contribution in [3.05, 3.63) is 41.2 Å². The van der Waals surface area contributed by atoms with Crippen molar-refractivity contribution in [2.75, 3.05) is 5.32 Å². The Bertz CT molecular complexity index is 799. The van der Waals surface area contributed by atoms with Gasteiger partial charge in [0.05, 0.1) is 18.2 Å². The first kappa shape index (κ1) is 16.8. The van der Waals surface area contributed by atoms with Crippen molar-refractivity contribution in [3.8, 4) is 0 Å². The SMILES string of the molecule is CC[C@H](C)[C@H](N)Cc1cc2c(NCc3ccco3)nc(Cl)nc2[nH]1. The van der Waals surface area contributed by atoms with Crippen molar-refractivity contribution >= 4 is 28.5 Å². The van der Waals surface area contributed by atoms with E-state index in [1.807, 2.05) is 18.2 Å². The summed E-state index contributed by atoms with van der Waals surface area (Å²) in [5.41, 5.74) is 8.01. The molecule has 0 amide bonds. The second-order valence-corrected chi connectivity index (χ2v) is 6.42. The van der Waals surface area contributed by atoms with Crippen LogP contribution >= 0.6 is 11.6 Å². The number of nitrogens with two attached hydrogens (primary N) is 1. The van der Waals surface area contributed by atoms with Crippen LogP contribution in [0.5, 0.6) is 0 Å². The Morgan fingerprint density at radius 3 is 2.96 bits per heavy atom. The van der Waals surface area contributed by atoms with Gasteiger partial charge in [-0.25, -0.2) is 4.98 Å². The summed E-state index contributed by atoms with van der Waals surface area (Å²) in [6, 6.07) is 5.90. The lowest BCUT2D eigenvalue weighted by Gasteiger charge is -2.17. The number of aromatic nitrogens is 3. The van der Waals surface area contributed by atoms with E-state index in [4.69, 9.17) is 21.8 Å². The van der Waals surface area contributed by atoms with Gasteiger partial charge in [-0.3, -0.25) is 0 Å². The van der Waals surface area contributed by atoms with Crippen LogP contribution in [0.25, 0.3) is 11.0 Å². The largest absolute Gasteiger partial charge is 0.467 e. The van der Waals surface area contributed by atoms with Gasteiger partial charge in [-0.05, 0) is 35.7 Å². The number of hydrogen-bond donors (Lipinski definition) is 3. The van der Waals surface area contributed by atoms with E-state index in [9.17, 15) is 0 Å². The molecule has 0 bridgehead atoms. The highest BCUT2D eigenvalue weighted by molar-refractivity contribution is 6.28. The highest BCUT2D eigenvalue weighted by atomic mass is 35.5. The van der Waals surface area contributed by atoms with Gasteiger partial charge in [0.25, 0.3) is 0 Å². The van der Waals surface area contributed by atoms with Gasteiger partial charge in [0, 0.05) is 18.2 Å². The summed E-state index contributed by atoms with van der Waals surface area (Å²) >= 11 is 6.04. The van der Waals surface area contributed by atoms with Gasteiger partial charge < -0.3 is 20.5 Å². The highest BCUT2D eigenvalue weighted by Gasteiger charge is 2.15. The number of furan rings is 1. The maximum Gasteiger partial charge on any atom is 0.226 e. The molecule has 0 unspecified atom stereocenters. The lowest BCUT2D eigenvalue weighted by atomic mass is 9.96. The van der Waals surface area contributed by atoms with Crippen molar-refractivity contribution in [1.82, 2.24) is 15.0 Å². The molecule has 0 saturated carbocycles. The number of hydrogen-bond acceptors (Lipinski definition) is 5. The maximum absolute atomic E-state index is 6.26. The Kier molecular flexibility index (Phi) is 5.06. The average molecular weight is 348 g/mol. The highest BCUT2D eigenvalue weighted by Crippen LogP contribution is 2.25. The number of anilines is 1. The van der Waals surface area contributed by atoms with Crippen LogP contribution in [0.4, 0.5) is 5.82 Å². The van der Waals surface area contributed by atoms with Crippen LogP contribution in [0.3, 0.4) is 0 Å². The van der Waals surface area contributed by atoms with Gasteiger partial charge in [0.15, 0.2) is 0 Å². The molecule has 0 aliphatic heterocycles. The fraction of sp³-hybridized carbons (Fsp3) is 0.412. The molecule has 0 radical (unpaired) electrons. The van der Waals surface area contributed by atoms with E-state index in [2.05, 4.69) is 34.1 Å². The topological polar surface area (TPSA) is 92.8 Å². The van der Waals surface area contributed by atoms with Crippen LogP contribution in [-0.2, 0) is 13.0 Å². The zero-order valence-corrected chi connectivity index (χ0v) is 14.6. The van der Waals surface area contributed by atoms with Gasteiger partial charge in [0.1, 0.15) is 17.2 Å². The predicted octanol–water partition coefficient (Wildman–Crippen LogP) is 3.73. The van der Waals surface area contributed by atoms with Gasteiger partial charge in [-0.15, -0.1) is 0 Å². The minimum absolute atomic E-state index is 0.103. The summed E-state index contributed by atoms with van der Waals surface area (Å²) in [5.74, 6) is 1.97. The van der Waals surface area contributed by atoms with Crippen LogP contribution in [0, 0.1) is 5.92 Å². The molecule has 3 heterocycles. The van der Waals surface area contributed by atoms with Gasteiger partial charge in [-0.2, -0.15) is 4.98 Å². The molecule has 4 N–H and O–H groups in total. The number of fused-ring (bicyclic) bond motifs is 1. The second-order valence-electron chi connectivity index (χ2n) is 6.08. The molecular formula is C17H22ClN5O. The van der Waals surface area contributed by atoms with Crippen LogP contribution in [0.2, 0.25) is 5.28 Å². The average Bonchev–Trinajstić information content (AvgIpc) is 3.20. The molecule has 24 heavy (non-hydrogen) atoms. The smallest absolute Gasteiger partial charge is 0.226 e. The van der Waals surface area contributed by atoms with E-state index < -0.39 is 0 Å². The second kappa shape index (κ2) is 7.23. The fourth-order valence-electron chi connectivity index (χ4n) is 2.62. The summed E-state index contributed by atoms with van der Waals surface area (Å²) in [6.45, 7) is 4.85. The Labute approximate surface area is 145 Å². The minimum atomic E-state index is 0.103. The molecule has 3 rings (SSSR count). The Balaban J connectivity index is 1.83.